The molecule has 2 rings (SSSR count). The molecule has 1 aliphatic heterocycles. The maximum absolute atomic E-state index is 11.3. The molecule has 1 saturated heterocycles. The minimum Gasteiger partial charge on any atom is -0.462 e. The standard InChI is InChI=1S/C15H26O3/c1-2-3-4-5-6-7-8-11-12-9-15(17)18-14(12)10-13(11)16/h11-14,16H,2-10H2,1H3/t11-,12-,13-,14+/m1/s1. The Morgan fingerprint density at radius 3 is 2.72 bits per heavy atom. The predicted octanol–water partition coefficient (Wildman–Crippen LogP) is 3.05. The number of hydrogen-bond donors (Lipinski definition) is 1. The maximum Gasteiger partial charge on any atom is 0.306 e. The van der Waals surface area contributed by atoms with Gasteiger partial charge in [-0.2, -0.15) is 0 Å². The Bertz CT molecular complexity index is 277. The number of carbonyl (C=O) groups excluding carboxylic acids is 1. The van der Waals surface area contributed by atoms with E-state index in [1.54, 1.807) is 0 Å². The number of unbranched alkanes of at least 4 members (excludes halogenated alkanes) is 5. The van der Waals surface area contributed by atoms with Crippen LogP contribution in [0.2, 0.25) is 0 Å². The average Bonchev–Trinajstić information content (AvgIpc) is 2.80. The Labute approximate surface area is 110 Å². The van der Waals surface area contributed by atoms with E-state index in [0.29, 0.717) is 24.7 Å². The third-order valence-corrected chi connectivity index (χ3v) is 4.57. The molecule has 104 valence electrons. The first kappa shape index (κ1) is 13.9. The molecule has 0 amide bonds. The van der Waals surface area contributed by atoms with Gasteiger partial charge >= 0.3 is 5.97 Å². The van der Waals surface area contributed by atoms with Crippen molar-refractivity contribution in [3.63, 3.8) is 0 Å². The summed E-state index contributed by atoms with van der Waals surface area (Å²) < 4.78 is 5.25. The van der Waals surface area contributed by atoms with Gasteiger partial charge in [-0.3, -0.25) is 4.79 Å². The van der Waals surface area contributed by atoms with Crippen LogP contribution < -0.4 is 0 Å². The quantitative estimate of drug-likeness (QED) is 0.561. The van der Waals surface area contributed by atoms with Gasteiger partial charge in [0.25, 0.3) is 0 Å². The molecule has 0 bridgehead atoms. The molecule has 3 nitrogen and oxygen atoms in total. The largest absolute Gasteiger partial charge is 0.462 e. The van der Waals surface area contributed by atoms with Crippen LogP contribution in [0, 0.1) is 11.8 Å². The Morgan fingerprint density at radius 1 is 1.22 bits per heavy atom. The number of fused-ring (bicyclic) bond motifs is 1. The van der Waals surface area contributed by atoms with Crippen LogP contribution in [0.5, 0.6) is 0 Å². The molecule has 0 unspecified atom stereocenters. The predicted molar refractivity (Wildman–Crippen MR) is 70.1 cm³/mol. The second kappa shape index (κ2) is 6.55. The van der Waals surface area contributed by atoms with Crippen molar-refractivity contribution < 1.29 is 14.6 Å². The first-order chi connectivity index (χ1) is 8.72. The highest BCUT2D eigenvalue weighted by Gasteiger charge is 2.48. The molecule has 1 N–H and O–H groups in total. The van der Waals surface area contributed by atoms with Crippen molar-refractivity contribution in [3.05, 3.63) is 0 Å². The molecule has 0 spiro atoms. The molecule has 1 saturated carbocycles. The van der Waals surface area contributed by atoms with E-state index >= 15 is 0 Å². The van der Waals surface area contributed by atoms with Crippen molar-refractivity contribution in [2.75, 3.05) is 0 Å². The second-order valence-corrected chi connectivity index (χ2v) is 5.92. The van der Waals surface area contributed by atoms with Gasteiger partial charge in [0.1, 0.15) is 6.10 Å². The van der Waals surface area contributed by atoms with Crippen molar-refractivity contribution in [1.82, 2.24) is 0 Å². The summed E-state index contributed by atoms with van der Waals surface area (Å²) in [6.07, 6.45) is 9.71. The average molecular weight is 254 g/mol. The normalized spacial score (nSPS) is 34.7. The monoisotopic (exact) mass is 254 g/mol. The number of carbonyl (C=O) groups is 1. The van der Waals surface area contributed by atoms with Crippen molar-refractivity contribution in [1.29, 1.82) is 0 Å². The third kappa shape index (κ3) is 3.25. The summed E-state index contributed by atoms with van der Waals surface area (Å²) in [7, 11) is 0. The topological polar surface area (TPSA) is 46.5 Å². The van der Waals surface area contributed by atoms with Gasteiger partial charge in [0.2, 0.25) is 0 Å². The molecule has 2 fully saturated rings. The first-order valence-corrected chi connectivity index (χ1v) is 7.60. The van der Waals surface area contributed by atoms with E-state index in [-0.39, 0.29) is 18.2 Å². The highest BCUT2D eigenvalue weighted by atomic mass is 16.6. The SMILES string of the molecule is CCCCCCCC[C@@H]1[C@H]2CC(=O)O[C@H]2C[C@H]1O. The highest BCUT2D eigenvalue weighted by molar-refractivity contribution is 5.72. The van der Waals surface area contributed by atoms with E-state index < -0.39 is 0 Å². The summed E-state index contributed by atoms with van der Waals surface area (Å²) in [5.74, 6) is 0.528. The summed E-state index contributed by atoms with van der Waals surface area (Å²) in [5.41, 5.74) is 0. The lowest BCUT2D eigenvalue weighted by molar-refractivity contribution is -0.141. The van der Waals surface area contributed by atoms with Gasteiger partial charge in [-0.15, -0.1) is 0 Å². The van der Waals surface area contributed by atoms with Crippen LogP contribution >= 0.6 is 0 Å². The number of aliphatic hydroxyl groups is 1. The smallest absolute Gasteiger partial charge is 0.306 e. The summed E-state index contributed by atoms with van der Waals surface area (Å²) in [6, 6.07) is 0. The third-order valence-electron chi connectivity index (χ3n) is 4.57. The molecule has 1 heterocycles. The molecule has 0 radical (unpaired) electrons. The summed E-state index contributed by atoms with van der Waals surface area (Å²) in [5, 5.41) is 10.0. The summed E-state index contributed by atoms with van der Waals surface area (Å²) in [4.78, 5) is 11.3. The van der Waals surface area contributed by atoms with Gasteiger partial charge < -0.3 is 9.84 Å². The van der Waals surface area contributed by atoms with Crippen molar-refractivity contribution in [2.24, 2.45) is 11.8 Å². The van der Waals surface area contributed by atoms with Crippen LogP contribution in [-0.4, -0.2) is 23.3 Å². The van der Waals surface area contributed by atoms with Crippen LogP contribution in [0.4, 0.5) is 0 Å². The fourth-order valence-electron chi connectivity index (χ4n) is 3.54. The minimum atomic E-state index is -0.247. The molecule has 0 aromatic carbocycles. The first-order valence-electron chi connectivity index (χ1n) is 7.60. The summed E-state index contributed by atoms with van der Waals surface area (Å²) >= 11 is 0. The van der Waals surface area contributed by atoms with Crippen molar-refractivity contribution in [3.8, 4) is 0 Å². The lowest BCUT2D eigenvalue weighted by atomic mass is 9.87. The lowest BCUT2D eigenvalue weighted by Gasteiger charge is -2.18. The van der Waals surface area contributed by atoms with Gasteiger partial charge in [-0.25, -0.2) is 0 Å². The van der Waals surface area contributed by atoms with E-state index in [9.17, 15) is 9.90 Å². The number of rotatable bonds is 7. The van der Waals surface area contributed by atoms with E-state index in [1.807, 2.05) is 0 Å². The van der Waals surface area contributed by atoms with Crippen LogP contribution in [0.25, 0.3) is 0 Å². The van der Waals surface area contributed by atoms with E-state index in [0.717, 1.165) is 6.42 Å². The summed E-state index contributed by atoms with van der Waals surface area (Å²) in [6.45, 7) is 2.23. The number of aliphatic hydroxyl groups excluding tert-OH is 1. The molecule has 0 aromatic heterocycles. The van der Waals surface area contributed by atoms with Gasteiger partial charge in [-0.05, 0) is 12.3 Å². The Hall–Kier alpha value is -0.570. The van der Waals surface area contributed by atoms with Crippen LogP contribution in [0.1, 0.15) is 64.7 Å². The van der Waals surface area contributed by atoms with E-state index in [2.05, 4.69) is 6.92 Å². The van der Waals surface area contributed by atoms with Gasteiger partial charge in [0, 0.05) is 12.3 Å². The Morgan fingerprint density at radius 2 is 1.94 bits per heavy atom. The zero-order valence-electron chi connectivity index (χ0n) is 11.4. The fourth-order valence-corrected chi connectivity index (χ4v) is 3.54. The number of ether oxygens (including phenoxy) is 1. The van der Waals surface area contributed by atoms with E-state index in [1.165, 1.54) is 38.5 Å². The Kier molecular flexibility index (Phi) is 5.04. The molecule has 3 heteroatoms. The van der Waals surface area contributed by atoms with Crippen LogP contribution in [-0.2, 0) is 9.53 Å². The highest BCUT2D eigenvalue weighted by Crippen LogP contribution is 2.43. The van der Waals surface area contributed by atoms with Gasteiger partial charge in [-0.1, -0.05) is 45.4 Å². The second-order valence-electron chi connectivity index (χ2n) is 5.92. The molecule has 1 aliphatic carbocycles. The van der Waals surface area contributed by atoms with Gasteiger partial charge in [0.15, 0.2) is 0 Å². The van der Waals surface area contributed by atoms with Crippen LogP contribution in [0.15, 0.2) is 0 Å². The molecule has 4 atom stereocenters. The van der Waals surface area contributed by atoms with E-state index in [4.69, 9.17) is 4.74 Å². The van der Waals surface area contributed by atoms with Crippen molar-refractivity contribution >= 4 is 5.97 Å². The molecular weight excluding hydrogens is 228 g/mol. The lowest BCUT2D eigenvalue weighted by Crippen LogP contribution is -2.19. The van der Waals surface area contributed by atoms with Gasteiger partial charge in [0.05, 0.1) is 12.5 Å². The van der Waals surface area contributed by atoms with Crippen LogP contribution in [0.3, 0.4) is 0 Å². The molecule has 2 aliphatic rings. The molecular formula is C15H26O3. The Balaban J connectivity index is 1.67. The maximum atomic E-state index is 11.3. The van der Waals surface area contributed by atoms with Crippen molar-refractivity contribution in [2.45, 2.75) is 76.9 Å². The fraction of sp³-hybridized carbons (Fsp3) is 0.933. The minimum absolute atomic E-state index is 0.0117. The zero-order chi connectivity index (χ0) is 13.0. The molecule has 18 heavy (non-hydrogen) atoms. The number of esters is 1. The zero-order valence-corrected chi connectivity index (χ0v) is 11.4. The molecule has 0 aromatic rings. The number of hydrogen-bond acceptors (Lipinski definition) is 3.